The van der Waals surface area contributed by atoms with E-state index in [4.69, 9.17) is 10.5 Å². The highest BCUT2D eigenvalue weighted by molar-refractivity contribution is 5.95. The molecule has 0 aromatic heterocycles. The number of methoxy groups -OCH3 is 1. The Morgan fingerprint density at radius 3 is 2.94 bits per heavy atom. The number of hydrogen-bond acceptors (Lipinski definition) is 3. The van der Waals surface area contributed by atoms with Crippen LogP contribution in [-0.2, 0) is 11.3 Å². The number of likely N-dealkylation sites (tertiary alicyclic amines) is 1. The smallest absolute Gasteiger partial charge is 0.254 e. The average Bonchev–Trinajstić information content (AvgIpc) is 2.76. The lowest BCUT2D eigenvalue weighted by molar-refractivity contribution is 0.0786. The zero-order valence-corrected chi connectivity index (χ0v) is 10.1. The van der Waals surface area contributed by atoms with Crippen molar-refractivity contribution >= 4 is 5.91 Å². The van der Waals surface area contributed by atoms with Crippen molar-refractivity contribution in [2.24, 2.45) is 5.73 Å². The SMILES string of the molecule is COCc1ccccc1C(=O)N1CC[C@@H](N)C1. The first-order chi connectivity index (χ1) is 8.22. The summed E-state index contributed by atoms with van der Waals surface area (Å²) in [5.41, 5.74) is 7.48. The van der Waals surface area contributed by atoms with E-state index in [1.807, 2.05) is 29.2 Å². The molecular formula is C13H18N2O2. The van der Waals surface area contributed by atoms with Crippen LogP contribution in [0.3, 0.4) is 0 Å². The quantitative estimate of drug-likeness (QED) is 0.849. The van der Waals surface area contributed by atoms with E-state index in [9.17, 15) is 4.79 Å². The van der Waals surface area contributed by atoms with Gasteiger partial charge in [-0.05, 0) is 18.1 Å². The van der Waals surface area contributed by atoms with E-state index in [2.05, 4.69) is 0 Å². The van der Waals surface area contributed by atoms with Crippen LogP contribution in [0.4, 0.5) is 0 Å². The predicted molar refractivity (Wildman–Crippen MR) is 65.7 cm³/mol. The molecule has 1 amide bonds. The molecule has 1 saturated heterocycles. The monoisotopic (exact) mass is 234 g/mol. The van der Waals surface area contributed by atoms with Crippen molar-refractivity contribution in [2.45, 2.75) is 19.1 Å². The second-order valence-corrected chi connectivity index (χ2v) is 4.39. The minimum Gasteiger partial charge on any atom is -0.380 e. The second kappa shape index (κ2) is 5.29. The van der Waals surface area contributed by atoms with Crippen molar-refractivity contribution in [3.05, 3.63) is 35.4 Å². The molecule has 1 atom stereocenters. The molecule has 17 heavy (non-hydrogen) atoms. The van der Waals surface area contributed by atoms with Crippen molar-refractivity contribution in [1.29, 1.82) is 0 Å². The maximum Gasteiger partial charge on any atom is 0.254 e. The summed E-state index contributed by atoms with van der Waals surface area (Å²) in [4.78, 5) is 14.1. The number of nitrogens with two attached hydrogens (primary N) is 1. The number of rotatable bonds is 3. The van der Waals surface area contributed by atoms with E-state index in [1.54, 1.807) is 7.11 Å². The van der Waals surface area contributed by atoms with E-state index in [1.165, 1.54) is 0 Å². The van der Waals surface area contributed by atoms with Crippen molar-refractivity contribution in [1.82, 2.24) is 4.90 Å². The molecule has 1 aromatic rings. The van der Waals surface area contributed by atoms with E-state index in [0.717, 1.165) is 24.1 Å². The normalized spacial score (nSPS) is 19.6. The van der Waals surface area contributed by atoms with E-state index in [0.29, 0.717) is 13.2 Å². The first kappa shape index (κ1) is 12.1. The molecular weight excluding hydrogens is 216 g/mol. The molecule has 0 saturated carbocycles. The number of carbonyl (C=O) groups excluding carboxylic acids is 1. The van der Waals surface area contributed by atoms with Gasteiger partial charge >= 0.3 is 0 Å². The summed E-state index contributed by atoms with van der Waals surface area (Å²) >= 11 is 0. The van der Waals surface area contributed by atoms with E-state index < -0.39 is 0 Å². The molecule has 4 heteroatoms. The fourth-order valence-electron chi connectivity index (χ4n) is 2.15. The second-order valence-electron chi connectivity index (χ2n) is 4.39. The molecule has 1 aliphatic heterocycles. The van der Waals surface area contributed by atoms with Gasteiger partial charge in [0.05, 0.1) is 6.61 Å². The van der Waals surface area contributed by atoms with Gasteiger partial charge in [-0.1, -0.05) is 18.2 Å². The molecule has 1 aromatic carbocycles. The number of nitrogens with zero attached hydrogens (tertiary/aromatic N) is 1. The van der Waals surface area contributed by atoms with Gasteiger partial charge < -0.3 is 15.4 Å². The first-order valence-corrected chi connectivity index (χ1v) is 5.84. The molecule has 2 N–H and O–H groups in total. The molecule has 0 bridgehead atoms. The summed E-state index contributed by atoms with van der Waals surface area (Å²) in [6.07, 6.45) is 0.887. The highest BCUT2D eigenvalue weighted by Gasteiger charge is 2.25. The van der Waals surface area contributed by atoms with Gasteiger partial charge in [0.25, 0.3) is 5.91 Å². The molecule has 92 valence electrons. The van der Waals surface area contributed by atoms with Gasteiger partial charge in [-0.3, -0.25) is 4.79 Å². The summed E-state index contributed by atoms with van der Waals surface area (Å²) in [7, 11) is 1.63. The van der Waals surface area contributed by atoms with Crippen LogP contribution in [0, 0.1) is 0 Å². The Hall–Kier alpha value is -1.39. The third kappa shape index (κ3) is 2.65. The Morgan fingerprint density at radius 1 is 1.53 bits per heavy atom. The van der Waals surface area contributed by atoms with Crippen LogP contribution in [0.15, 0.2) is 24.3 Å². The first-order valence-electron chi connectivity index (χ1n) is 5.84. The molecule has 2 rings (SSSR count). The Labute approximate surface area is 101 Å². The van der Waals surface area contributed by atoms with Gasteiger partial charge in [-0.2, -0.15) is 0 Å². The maximum atomic E-state index is 12.3. The van der Waals surface area contributed by atoms with Crippen LogP contribution in [0.5, 0.6) is 0 Å². The molecule has 1 heterocycles. The fraction of sp³-hybridized carbons (Fsp3) is 0.462. The minimum atomic E-state index is 0.0607. The molecule has 0 unspecified atom stereocenters. The summed E-state index contributed by atoms with van der Waals surface area (Å²) in [5.74, 6) is 0.0607. The Morgan fingerprint density at radius 2 is 2.29 bits per heavy atom. The fourth-order valence-corrected chi connectivity index (χ4v) is 2.15. The zero-order valence-electron chi connectivity index (χ0n) is 10.1. The molecule has 1 fully saturated rings. The lowest BCUT2D eigenvalue weighted by Crippen LogP contribution is -2.32. The third-order valence-electron chi connectivity index (χ3n) is 3.06. The van der Waals surface area contributed by atoms with Crippen LogP contribution in [0.1, 0.15) is 22.3 Å². The maximum absolute atomic E-state index is 12.3. The van der Waals surface area contributed by atoms with E-state index >= 15 is 0 Å². The Balaban J connectivity index is 2.18. The Kier molecular flexibility index (Phi) is 3.76. The Bertz CT molecular complexity index is 406. The topological polar surface area (TPSA) is 55.6 Å². The predicted octanol–water partition coefficient (Wildman–Crippen LogP) is 1.01. The number of carbonyl (C=O) groups is 1. The van der Waals surface area contributed by atoms with Crippen molar-refractivity contribution in [3.8, 4) is 0 Å². The molecule has 4 nitrogen and oxygen atoms in total. The largest absolute Gasteiger partial charge is 0.380 e. The lowest BCUT2D eigenvalue weighted by atomic mass is 10.1. The molecule has 0 aliphatic carbocycles. The number of amides is 1. The molecule has 0 spiro atoms. The zero-order chi connectivity index (χ0) is 12.3. The van der Waals surface area contributed by atoms with Crippen LogP contribution in [0.25, 0.3) is 0 Å². The molecule has 0 radical (unpaired) electrons. The van der Waals surface area contributed by atoms with Crippen LogP contribution in [-0.4, -0.2) is 37.0 Å². The van der Waals surface area contributed by atoms with Crippen LogP contribution in [0.2, 0.25) is 0 Å². The summed E-state index contributed by atoms with van der Waals surface area (Å²) < 4.78 is 5.11. The summed E-state index contributed by atoms with van der Waals surface area (Å²) in [5, 5.41) is 0. The van der Waals surface area contributed by atoms with Crippen molar-refractivity contribution < 1.29 is 9.53 Å². The summed E-state index contributed by atoms with van der Waals surface area (Å²) in [6, 6.07) is 7.68. The lowest BCUT2D eigenvalue weighted by Gasteiger charge is -2.17. The van der Waals surface area contributed by atoms with Crippen LogP contribution < -0.4 is 5.73 Å². The van der Waals surface area contributed by atoms with Gasteiger partial charge in [0, 0.05) is 31.8 Å². The van der Waals surface area contributed by atoms with Gasteiger partial charge in [-0.15, -0.1) is 0 Å². The highest BCUT2D eigenvalue weighted by Crippen LogP contribution is 2.16. The van der Waals surface area contributed by atoms with Gasteiger partial charge in [0.15, 0.2) is 0 Å². The third-order valence-corrected chi connectivity index (χ3v) is 3.06. The van der Waals surface area contributed by atoms with Crippen molar-refractivity contribution in [3.63, 3.8) is 0 Å². The van der Waals surface area contributed by atoms with Crippen LogP contribution >= 0.6 is 0 Å². The summed E-state index contributed by atoms with van der Waals surface area (Å²) in [6.45, 7) is 1.86. The van der Waals surface area contributed by atoms with Gasteiger partial charge in [0.1, 0.15) is 0 Å². The van der Waals surface area contributed by atoms with Gasteiger partial charge in [-0.25, -0.2) is 0 Å². The standard InChI is InChI=1S/C13H18N2O2/c1-17-9-10-4-2-3-5-12(10)13(16)15-7-6-11(14)8-15/h2-5,11H,6-9,14H2,1H3/t11-/m1/s1. The van der Waals surface area contributed by atoms with E-state index in [-0.39, 0.29) is 11.9 Å². The minimum absolute atomic E-state index is 0.0607. The number of hydrogen-bond donors (Lipinski definition) is 1. The van der Waals surface area contributed by atoms with Crippen molar-refractivity contribution in [2.75, 3.05) is 20.2 Å². The molecule has 1 aliphatic rings. The average molecular weight is 234 g/mol. The number of ether oxygens (including phenoxy) is 1. The number of benzene rings is 1. The highest BCUT2D eigenvalue weighted by atomic mass is 16.5. The van der Waals surface area contributed by atoms with Gasteiger partial charge in [0.2, 0.25) is 0 Å².